The van der Waals surface area contributed by atoms with Crippen LogP contribution >= 0.6 is 0 Å². The lowest BCUT2D eigenvalue weighted by molar-refractivity contribution is -0.141. The molecule has 0 saturated heterocycles. The minimum Gasteiger partial charge on any atom is -0.354 e. The molecule has 0 radical (unpaired) electrons. The van der Waals surface area contributed by atoms with Crippen LogP contribution in [0.5, 0.6) is 0 Å². The molecule has 0 fully saturated rings. The van der Waals surface area contributed by atoms with Crippen molar-refractivity contribution >= 4 is 11.8 Å². The molecule has 2 aromatic rings. The number of hydrogen-bond acceptors (Lipinski definition) is 2. The molecule has 2 rings (SSSR count). The average molecular weight is 437 g/mol. The third-order valence-electron chi connectivity index (χ3n) is 5.86. The summed E-state index contributed by atoms with van der Waals surface area (Å²) in [5.41, 5.74) is 4.76. The first-order chi connectivity index (χ1) is 15.2. The minimum absolute atomic E-state index is 0.0176. The maximum atomic E-state index is 13.3. The van der Waals surface area contributed by atoms with Crippen molar-refractivity contribution in [2.45, 2.75) is 85.2 Å². The number of rotatable bonds is 10. The Morgan fingerprint density at radius 3 is 2.06 bits per heavy atom. The highest BCUT2D eigenvalue weighted by molar-refractivity contribution is 5.87. The van der Waals surface area contributed by atoms with Crippen molar-refractivity contribution in [1.29, 1.82) is 0 Å². The predicted molar refractivity (Wildman–Crippen MR) is 133 cm³/mol. The molecule has 0 aliphatic heterocycles. The van der Waals surface area contributed by atoms with Gasteiger partial charge in [0.25, 0.3) is 0 Å². The second-order valence-electron chi connectivity index (χ2n) is 9.67. The van der Waals surface area contributed by atoms with Crippen molar-refractivity contribution in [2.75, 3.05) is 6.54 Å². The van der Waals surface area contributed by atoms with E-state index in [1.54, 1.807) is 4.90 Å². The molecule has 32 heavy (non-hydrogen) atoms. The lowest BCUT2D eigenvalue weighted by Crippen LogP contribution is -2.49. The molecule has 0 heterocycles. The third kappa shape index (κ3) is 7.51. The first kappa shape index (κ1) is 25.6. The molecule has 0 bridgehead atoms. The molecule has 2 aromatic carbocycles. The molecular formula is C28H40N2O2. The van der Waals surface area contributed by atoms with E-state index in [0.29, 0.717) is 32.4 Å². The number of aryl methyl sites for hydroxylation is 2. The summed E-state index contributed by atoms with van der Waals surface area (Å²) in [4.78, 5) is 27.9. The smallest absolute Gasteiger partial charge is 0.242 e. The standard InChI is InChI=1S/C28H40N2O2/c1-7-19-29-27(32)25(8-2)30(20-23-11-9-21(3)10-12-23)26(31)18-15-22-13-16-24(17-14-22)28(4,5)6/h9-14,16-17,25H,7-8,15,18-20H2,1-6H3,(H,29,32). The number of hydrogen-bond donors (Lipinski definition) is 1. The highest BCUT2D eigenvalue weighted by Gasteiger charge is 2.28. The first-order valence-electron chi connectivity index (χ1n) is 11.9. The van der Waals surface area contributed by atoms with Gasteiger partial charge in [-0.2, -0.15) is 0 Å². The Bertz CT molecular complexity index is 864. The van der Waals surface area contributed by atoms with Crippen molar-refractivity contribution in [3.63, 3.8) is 0 Å². The minimum atomic E-state index is -0.460. The van der Waals surface area contributed by atoms with Crippen molar-refractivity contribution < 1.29 is 9.59 Å². The molecule has 4 heteroatoms. The number of carbonyl (C=O) groups is 2. The van der Waals surface area contributed by atoms with Gasteiger partial charge in [0.05, 0.1) is 0 Å². The van der Waals surface area contributed by atoms with E-state index >= 15 is 0 Å². The molecule has 0 aliphatic rings. The van der Waals surface area contributed by atoms with Crippen LogP contribution in [0.3, 0.4) is 0 Å². The molecule has 1 N–H and O–H groups in total. The van der Waals surface area contributed by atoms with Crippen LogP contribution in [0.25, 0.3) is 0 Å². The fourth-order valence-electron chi connectivity index (χ4n) is 3.74. The van der Waals surface area contributed by atoms with Crippen molar-refractivity contribution in [3.05, 3.63) is 70.8 Å². The zero-order chi connectivity index (χ0) is 23.7. The molecule has 174 valence electrons. The van der Waals surface area contributed by atoms with Crippen molar-refractivity contribution in [2.24, 2.45) is 0 Å². The van der Waals surface area contributed by atoms with Gasteiger partial charge in [0, 0.05) is 19.5 Å². The lowest BCUT2D eigenvalue weighted by Gasteiger charge is -2.31. The summed E-state index contributed by atoms with van der Waals surface area (Å²) < 4.78 is 0. The average Bonchev–Trinajstić information content (AvgIpc) is 2.76. The Labute approximate surface area is 194 Å². The monoisotopic (exact) mass is 436 g/mol. The highest BCUT2D eigenvalue weighted by Crippen LogP contribution is 2.23. The van der Waals surface area contributed by atoms with Gasteiger partial charge in [-0.1, -0.05) is 88.7 Å². The Morgan fingerprint density at radius 1 is 0.938 bits per heavy atom. The van der Waals surface area contributed by atoms with Gasteiger partial charge in [0.15, 0.2) is 0 Å². The quantitative estimate of drug-likeness (QED) is 0.530. The Hall–Kier alpha value is -2.62. The molecule has 0 spiro atoms. The van der Waals surface area contributed by atoms with Crippen LogP contribution in [-0.2, 0) is 28.0 Å². The van der Waals surface area contributed by atoms with Gasteiger partial charge in [-0.25, -0.2) is 0 Å². The van der Waals surface area contributed by atoms with E-state index in [2.05, 4.69) is 50.4 Å². The lowest BCUT2D eigenvalue weighted by atomic mass is 9.86. The van der Waals surface area contributed by atoms with Crippen LogP contribution in [0, 0.1) is 6.92 Å². The highest BCUT2D eigenvalue weighted by atomic mass is 16.2. The largest absolute Gasteiger partial charge is 0.354 e. The Kier molecular flexibility index (Phi) is 9.49. The molecule has 0 aromatic heterocycles. The van der Waals surface area contributed by atoms with Crippen LogP contribution in [-0.4, -0.2) is 29.3 Å². The maximum absolute atomic E-state index is 13.3. The molecule has 0 aliphatic carbocycles. The Balaban J connectivity index is 2.16. The van der Waals surface area contributed by atoms with Gasteiger partial charge < -0.3 is 10.2 Å². The Morgan fingerprint density at radius 2 is 1.53 bits per heavy atom. The number of nitrogens with zero attached hydrogens (tertiary/aromatic N) is 1. The summed E-state index contributed by atoms with van der Waals surface area (Å²) in [5, 5.41) is 2.97. The summed E-state index contributed by atoms with van der Waals surface area (Å²) in [5.74, 6) is -0.0479. The van der Waals surface area contributed by atoms with E-state index in [0.717, 1.165) is 17.5 Å². The molecule has 0 saturated carbocycles. The second kappa shape index (κ2) is 11.8. The van der Waals surface area contributed by atoms with E-state index in [1.165, 1.54) is 11.1 Å². The normalized spacial score (nSPS) is 12.3. The van der Waals surface area contributed by atoms with Gasteiger partial charge in [0.2, 0.25) is 11.8 Å². The zero-order valence-electron chi connectivity index (χ0n) is 20.7. The van der Waals surface area contributed by atoms with Gasteiger partial charge in [0.1, 0.15) is 6.04 Å². The fraction of sp³-hybridized carbons (Fsp3) is 0.500. The van der Waals surface area contributed by atoms with Gasteiger partial charge in [-0.05, 0) is 48.3 Å². The van der Waals surface area contributed by atoms with E-state index in [4.69, 9.17) is 0 Å². The summed E-state index contributed by atoms with van der Waals surface area (Å²) in [7, 11) is 0. The van der Waals surface area contributed by atoms with Crippen molar-refractivity contribution in [1.82, 2.24) is 10.2 Å². The van der Waals surface area contributed by atoms with Gasteiger partial charge in [-0.3, -0.25) is 9.59 Å². The number of carbonyl (C=O) groups excluding carboxylic acids is 2. The second-order valence-corrected chi connectivity index (χ2v) is 9.67. The summed E-state index contributed by atoms with van der Waals surface area (Å²) >= 11 is 0. The topological polar surface area (TPSA) is 49.4 Å². The van der Waals surface area contributed by atoms with Crippen LogP contribution in [0.2, 0.25) is 0 Å². The van der Waals surface area contributed by atoms with Gasteiger partial charge >= 0.3 is 0 Å². The van der Waals surface area contributed by atoms with Crippen LogP contribution < -0.4 is 5.32 Å². The summed E-state index contributed by atoms with van der Waals surface area (Å²) in [6.45, 7) is 13.7. The summed E-state index contributed by atoms with van der Waals surface area (Å²) in [6, 6.07) is 16.2. The molecular weight excluding hydrogens is 396 g/mol. The summed E-state index contributed by atoms with van der Waals surface area (Å²) in [6.07, 6.45) is 2.52. The van der Waals surface area contributed by atoms with E-state index in [-0.39, 0.29) is 17.2 Å². The number of amides is 2. The van der Waals surface area contributed by atoms with E-state index in [9.17, 15) is 9.59 Å². The predicted octanol–water partition coefficient (Wildman–Crippen LogP) is 5.56. The van der Waals surface area contributed by atoms with Crippen molar-refractivity contribution in [3.8, 4) is 0 Å². The molecule has 4 nitrogen and oxygen atoms in total. The molecule has 1 unspecified atom stereocenters. The van der Waals surface area contributed by atoms with Gasteiger partial charge in [-0.15, -0.1) is 0 Å². The molecule has 2 amide bonds. The van der Waals surface area contributed by atoms with E-state index in [1.807, 2.05) is 45.0 Å². The van der Waals surface area contributed by atoms with Crippen LogP contribution in [0.4, 0.5) is 0 Å². The maximum Gasteiger partial charge on any atom is 0.242 e. The van der Waals surface area contributed by atoms with Crippen LogP contribution in [0.15, 0.2) is 48.5 Å². The third-order valence-corrected chi connectivity index (χ3v) is 5.86. The SMILES string of the molecule is CCCNC(=O)C(CC)N(Cc1ccc(C)cc1)C(=O)CCc1ccc(C(C)(C)C)cc1. The van der Waals surface area contributed by atoms with E-state index < -0.39 is 6.04 Å². The zero-order valence-corrected chi connectivity index (χ0v) is 20.7. The number of benzene rings is 2. The number of nitrogens with one attached hydrogen (secondary N) is 1. The fourth-order valence-corrected chi connectivity index (χ4v) is 3.74. The first-order valence-corrected chi connectivity index (χ1v) is 11.9. The molecule has 1 atom stereocenters. The van der Waals surface area contributed by atoms with Crippen LogP contribution in [0.1, 0.15) is 76.1 Å².